The molecule has 124 valence electrons. The van der Waals surface area contributed by atoms with Crippen LogP contribution >= 0.6 is 7.82 Å². The maximum absolute atomic E-state index is 13.1. The topological polar surface area (TPSA) is 44.8 Å². The molecule has 0 radical (unpaired) electrons. The molecule has 2 fully saturated rings. The van der Waals surface area contributed by atoms with E-state index < -0.39 is 20.2 Å². The van der Waals surface area contributed by atoms with E-state index >= 15 is 0 Å². The molecule has 0 heterocycles. The molecule has 2 aliphatic rings. The smallest absolute Gasteiger partial charge is 0.287 e. The second-order valence-electron chi connectivity index (χ2n) is 5.82. The third-order valence-corrected chi connectivity index (χ3v) is 5.74. The van der Waals surface area contributed by atoms with Gasteiger partial charge in [-0.1, -0.05) is 0 Å². The molecule has 0 bridgehead atoms. The van der Waals surface area contributed by atoms with Crippen LogP contribution in [0.1, 0.15) is 58.3 Å². The van der Waals surface area contributed by atoms with Crippen LogP contribution in [-0.2, 0) is 18.1 Å². The van der Waals surface area contributed by atoms with Crippen molar-refractivity contribution in [1.82, 2.24) is 0 Å². The van der Waals surface area contributed by atoms with Gasteiger partial charge < -0.3 is 0 Å². The molecule has 4 nitrogen and oxygen atoms in total. The summed E-state index contributed by atoms with van der Waals surface area (Å²) in [6, 6.07) is 0. The van der Waals surface area contributed by atoms with Crippen LogP contribution in [0, 0.1) is 0 Å². The van der Waals surface area contributed by atoms with Gasteiger partial charge in [0.25, 0.3) is 0 Å². The highest BCUT2D eigenvalue weighted by molar-refractivity contribution is 7.48. The lowest BCUT2D eigenvalue weighted by atomic mass is 9.96. The lowest BCUT2D eigenvalue weighted by Gasteiger charge is -2.31. The maximum Gasteiger partial charge on any atom is 0.475 e. The Bertz CT molecular complexity index is 325. The van der Waals surface area contributed by atoms with Crippen molar-refractivity contribution in [2.24, 2.45) is 0 Å². The fourth-order valence-corrected chi connectivity index (χ4v) is 4.50. The monoisotopic (exact) mass is 326 g/mol. The van der Waals surface area contributed by atoms with Crippen LogP contribution in [0.4, 0.5) is 8.78 Å². The van der Waals surface area contributed by atoms with Gasteiger partial charge in [-0.25, -0.2) is 13.3 Å². The number of hydrogen-bond donors (Lipinski definition) is 0. The summed E-state index contributed by atoms with van der Waals surface area (Å²) in [5.74, 6) is 0. The van der Waals surface area contributed by atoms with E-state index in [0.29, 0.717) is 51.4 Å². The van der Waals surface area contributed by atoms with E-state index in [2.05, 4.69) is 0 Å². The first-order chi connectivity index (χ1) is 10.0. The van der Waals surface area contributed by atoms with Gasteiger partial charge in [0.05, 0.1) is 18.8 Å². The SMILES string of the molecule is CCOP(=O)(OC1CCC(F)CC1)OC1CCC(F)CC1. The lowest BCUT2D eigenvalue weighted by molar-refractivity contribution is 0.0177. The molecular weight excluding hydrogens is 301 g/mol. The van der Waals surface area contributed by atoms with Gasteiger partial charge in [-0.05, 0) is 58.3 Å². The summed E-state index contributed by atoms with van der Waals surface area (Å²) in [6.07, 6.45) is 1.63. The van der Waals surface area contributed by atoms with Crippen LogP contribution in [0.25, 0.3) is 0 Å². The quantitative estimate of drug-likeness (QED) is 0.662. The van der Waals surface area contributed by atoms with Crippen LogP contribution in [-0.4, -0.2) is 31.2 Å². The molecule has 2 saturated carbocycles. The first-order valence-electron chi connectivity index (χ1n) is 7.90. The molecule has 7 heteroatoms. The summed E-state index contributed by atoms with van der Waals surface area (Å²) in [5, 5.41) is 0. The summed E-state index contributed by atoms with van der Waals surface area (Å²) in [6.45, 7) is 1.94. The molecule has 0 aliphatic heterocycles. The maximum atomic E-state index is 13.1. The van der Waals surface area contributed by atoms with Crippen LogP contribution in [0.2, 0.25) is 0 Å². The second kappa shape index (κ2) is 8.00. The molecule has 0 N–H and O–H groups in total. The molecule has 0 aromatic rings. The average Bonchev–Trinajstić information content (AvgIpc) is 2.44. The molecule has 0 atom stereocenters. The number of halogens is 2. The zero-order valence-electron chi connectivity index (χ0n) is 12.5. The molecule has 2 aliphatic carbocycles. The van der Waals surface area contributed by atoms with Crippen molar-refractivity contribution in [2.75, 3.05) is 6.61 Å². The largest absolute Gasteiger partial charge is 0.475 e. The predicted molar refractivity (Wildman–Crippen MR) is 75.7 cm³/mol. The fraction of sp³-hybridized carbons (Fsp3) is 1.00. The summed E-state index contributed by atoms with van der Waals surface area (Å²) < 4.78 is 55.2. The number of alkyl halides is 2. The third kappa shape index (κ3) is 5.59. The number of phosphoric acid groups is 1. The van der Waals surface area contributed by atoms with Gasteiger partial charge in [0, 0.05) is 0 Å². The van der Waals surface area contributed by atoms with Crippen molar-refractivity contribution in [3.8, 4) is 0 Å². The second-order valence-corrected chi connectivity index (χ2v) is 7.40. The Labute approximate surface area is 125 Å². The zero-order chi connectivity index (χ0) is 15.3. The molecule has 0 aromatic heterocycles. The summed E-state index contributed by atoms with van der Waals surface area (Å²) in [4.78, 5) is 0. The number of hydrogen-bond acceptors (Lipinski definition) is 4. The first-order valence-corrected chi connectivity index (χ1v) is 9.36. The molecule has 0 saturated heterocycles. The molecule has 21 heavy (non-hydrogen) atoms. The van der Waals surface area contributed by atoms with Crippen molar-refractivity contribution in [2.45, 2.75) is 82.8 Å². The highest BCUT2D eigenvalue weighted by Crippen LogP contribution is 2.54. The molecule has 0 amide bonds. The Morgan fingerprint density at radius 1 is 0.857 bits per heavy atom. The lowest BCUT2D eigenvalue weighted by Crippen LogP contribution is -2.25. The van der Waals surface area contributed by atoms with Crippen molar-refractivity contribution < 1.29 is 26.9 Å². The van der Waals surface area contributed by atoms with E-state index in [-0.39, 0.29) is 18.8 Å². The average molecular weight is 326 g/mol. The zero-order valence-corrected chi connectivity index (χ0v) is 13.4. The normalized spacial score (nSPS) is 37.1. The Morgan fingerprint density at radius 3 is 1.57 bits per heavy atom. The third-order valence-electron chi connectivity index (χ3n) is 4.05. The van der Waals surface area contributed by atoms with E-state index in [9.17, 15) is 13.3 Å². The minimum absolute atomic E-state index is 0.216. The van der Waals surface area contributed by atoms with Crippen molar-refractivity contribution >= 4 is 7.82 Å². The molecule has 0 aromatic carbocycles. The van der Waals surface area contributed by atoms with Crippen LogP contribution < -0.4 is 0 Å². The van der Waals surface area contributed by atoms with E-state index in [1.807, 2.05) is 0 Å². The van der Waals surface area contributed by atoms with Gasteiger partial charge in [0.2, 0.25) is 0 Å². The van der Waals surface area contributed by atoms with Gasteiger partial charge in [0.15, 0.2) is 0 Å². The fourth-order valence-electron chi connectivity index (χ4n) is 2.86. The van der Waals surface area contributed by atoms with Gasteiger partial charge in [-0.15, -0.1) is 0 Å². The summed E-state index contributed by atoms with van der Waals surface area (Å²) in [7, 11) is -3.64. The van der Waals surface area contributed by atoms with Crippen molar-refractivity contribution in [1.29, 1.82) is 0 Å². The standard InChI is InChI=1S/C14H25F2O4P/c1-2-18-21(17,19-13-7-3-11(15)4-8-13)20-14-9-5-12(16)6-10-14/h11-14H,2-10H2,1H3. The molecule has 2 rings (SSSR count). The van der Waals surface area contributed by atoms with Crippen LogP contribution in [0.3, 0.4) is 0 Å². The van der Waals surface area contributed by atoms with Crippen molar-refractivity contribution in [3.63, 3.8) is 0 Å². The minimum atomic E-state index is -3.64. The van der Waals surface area contributed by atoms with Gasteiger partial charge >= 0.3 is 7.82 Å². The number of rotatable bonds is 6. The Balaban J connectivity index is 1.87. The summed E-state index contributed by atoms with van der Waals surface area (Å²) in [5.41, 5.74) is 0. The van der Waals surface area contributed by atoms with E-state index in [0.717, 1.165) is 0 Å². The highest BCUT2D eigenvalue weighted by atomic mass is 31.2. The Morgan fingerprint density at radius 2 is 1.24 bits per heavy atom. The van der Waals surface area contributed by atoms with Crippen LogP contribution in [0.15, 0.2) is 0 Å². The molecule has 0 spiro atoms. The Kier molecular flexibility index (Phi) is 6.60. The van der Waals surface area contributed by atoms with Gasteiger partial charge in [0.1, 0.15) is 12.3 Å². The van der Waals surface area contributed by atoms with E-state index in [4.69, 9.17) is 13.6 Å². The van der Waals surface area contributed by atoms with Gasteiger partial charge in [-0.3, -0.25) is 13.6 Å². The first kappa shape index (κ1) is 17.3. The summed E-state index contributed by atoms with van der Waals surface area (Å²) >= 11 is 0. The van der Waals surface area contributed by atoms with E-state index in [1.54, 1.807) is 6.92 Å². The number of phosphoric ester groups is 1. The van der Waals surface area contributed by atoms with Crippen molar-refractivity contribution in [3.05, 3.63) is 0 Å². The van der Waals surface area contributed by atoms with E-state index in [1.165, 1.54) is 0 Å². The van der Waals surface area contributed by atoms with Gasteiger partial charge in [-0.2, -0.15) is 0 Å². The minimum Gasteiger partial charge on any atom is -0.287 e. The Hall–Kier alpha value is -0.0300. The highest BCUT2D eigenvalue weighted by Gasteiger charge is 2.36. The molecular formula is C14H25F2O4P. The molecule has 0 unspecified atom stereocenters. The predicted octanol–water partition coefficient (Wildman–Crippen LogP) is 4.73. The van der Waals surface area contributed by atoms with Crippen LogP contribution in [0.5, 0.6) is 0 Å².